The smallest absolute Gasteiger partial charge is 0.513 e. The van der Waals surface area contributed by atoms with E-state index in [1.807, 2.05) is 74.5 Å². The summed E-state index contributed by atoms with van der Waals surface area (Å²) in [4.78, 5) is 0. The molecular weight excluding hydrogens is 592 g/mol. The second-order valence-electron chi connectivity index (χ2n) is 7.75. The fourth-order valence-electron chi connectivity index (χ4n) is 2.54. The molecule has 2 nitrogen and oxygen atoms in total. The predicted octanol–water partition coefficient (Wildman–Crippen LogP) is 9.25. The van der Waals surface area contributed by atoms with Gasteiger partial charge in [0.2, 0.25) is 0 Å². The predicted molar refractivity (Wildman–Crippen MR) is 135 cm³/mol. The Hall–Kier alpha value is -3.11. The molecule has 41 heavy (non-hydrogen) atoms. The summed E-state index contributed by atoms with van der Waals surface area (Å²) in [6.45, 7) is 3.70. The van der Waals surface area contributed by atoms with Crippen LogP contribution in [0.2, 0.25) is 0 Å². The van der Waals surface area contributed by atoms with Crippen LogP contribution in [0.4, 0.5) is 35.1 Å². The van der Waals surface area contributed by atoms with E-state index in [2.05, 4.69) is 9.47 Å². The Morgan fingerprint density at radius 2 is 0.805 bits per heavy atom. The van der Waals surface area contributed by atoms with Gasteiger partial charge in [-0.05, 0) is 12.8 Å². The van der Waals surface area contributed by atoms with Crippen molar-refractivity contribution >= 4 is 0 Å². The van der Waals surface area contributed by atoms with Crippen molar-refractivity contribution in [2.45, 2.75) is 39.5 Å². The van der Waals surface area contributed by atoms with Crippen molar-refractivity contribution in [2.24, 2.45) is 0 Å². The molecular formula is C30H28F8O2Ti. The molecule has 0 radical (unpaired) electrons. The zero-order chi connectivity index (χ0) is 29.9. The molecule has 4 aromatic rings. The second kappa shape index (κ2) is 21.6. The molecule has 4 rings (SSSR count). The van der Waals surface area contributed by atoms with E-state index in [1.54, 1.807) is 0 Å². The molecule has 0 N–H and O–H groups in total. The van der Waals surface area contributed by atoms with Crippen molar-refractivity contribution in [1.29, 1.82) is 0 Å². The molecule has 0 spiro atoms. The van der Waals surface area contributed by atoms with Gasteiger partial charge in [-0.3, -0.25) is 17.6 Å². The summed E-state index contributed by atoms with van der Waals surface area (Å²) in [5, 5.41) is 0. The average molecular weight is 620 g/mol. The molecule has 0 aliphatic rings. The Morgan fingerprint density at radius 3 is 1.00 bits per heavy atom. The zero-order valence-electron chi connectivity index (χ0n) is 22.4. The minimum Gasteiger partial charge on any atom is -0.513 e. The molecule has 220 valence electrons. The Kier molecular flexibility index (Phi) is 20.0. The van der Waals surface area contributed by atoms with Crippen LogP contribution < -0.4 is 9.47 Å². The van der Waals surface area contributed by atoms with Crippen molar-refractivity contribution in [3.63, 3.8) is 0 Å². The van der Waals surface area contributed by atoms with E-state index in [0.29, 0.717) is 12.8 Å². The van der Waals surface area contributed by atoms with Crippen LogP contribution in [0.3, 0.4) is 0 Å². The van der Waals surface area contributed by atoms with Gasteiger partial charge in [0.1, 0.15) is 0 Å². The molecule has 0 aliphatic carbocycles. The van der Waals surface area contributed by atoms with Gasteiger partial charge in [0.15, 0.2) is 0 Å². The Bertz CT molecular complexity index is 1030. The van der Waals surface area contributed by atoms with Gasteiger partial charge in [0.25, 0.3) is 0 Å². The standard InChI is InChI=1S/2C10H9F4O.2C5H5.Ti/c2*1-2-3-4-15-10-8(13)6(11)5-7(12)9(10)14;2*1-2-4-5-3-1;/h2*2-4H2,1H3;2*1-5H;/q4*-1;+4. The minimum atomic E-state index is -1.58. The zero-order valence-corrected chi connectivity index (χ0v) is 23.9. The maximum Gasteiger partial charge on any atom is 4.00 e. The molecule has 0 heterocycles. The van der Waals surface area contributed by atoms with Crippen LogP contribution in [0.5, 0.6) is 11.5 Å². The van der Waals surface area contributed by atoms with E-state index in [9.17, 15) is 35.1 Å². The molecule has 0 aliphatic heterocycles. The van der Waals surface area contributed by atoms with Gasteiger partial charge in [0.05, 0.1) is 71.3 Å². The van der Waals surface area contributed by atoms with Gasteiger partial charge in [-0.2, -0.15) is 36.4 Å². The number of halogens is 8. The summed E-state index contributed by atoms with van der Waals surface area (Å²) in [7, 11) is 0. The molecule has 0 amide bonds. The van der Waals surface area contributed by atoms with Gasteiger partial charge in [-0.15, -0.1) is 12.1 Å². The molecule has 0 aromatic heterocycles. The van der Waals surface area contributed by atoms with E-state index in [4.69, 9.17) is 0 Å². The summed E-state index contributed by atoms with van der Waals surface area (Å²) in [5.74, 6) is -14.6. The van der Waals surface area contributed by atoms with Crippen LogP contribution in [-0.4, -0.2) is 13.2 Å². The summed E-state index contributed by atoms with van der Waals surface area (Å²) >= 11 is 0. The first-order valence-corrected chi connectivity index (χ1v) is 12.2. The number of unbranched alkanes of at least 4 members (excludes halogenated alkanes) is 2. The quantitative estimate of drug-likeness (QED) is 0.0643. The van der Waals surface area contributed by atoms with E-state index >= 15 is 0 Å². The molecule has 0 fully saturated rings. The normalized spacial score (nSPS) is 9.61. The van der Waals surface area contributed by atoms with Crippen LogP contribution in [0.15, 0.2) is 60.7 Å². The van der Waals surface area contributed by atoms with Crippen molar-refractivity contribution in [2.75, 3.05) is 13.2 Å². The number of hydrogen-bond donors (Lipinski definition) is 0. The monoisotopic (exact) mass is 620 g/mol. The molecule has 4 aromatic carbocycles. The van der Waals surface area contributed by atoms with Crippen LogP contribution in [0.1, 0.15) is 39.5 Å². The van der Waals surface area contributed by atoms with Crippen molar-refractivity contribution < 1.29 is 66.3 Å². The fourth-order valence-corrected chi connectivity index (χ4v) is 2.54. The molecule has 0 unspecified atom stereocenters. The largest absolute Gasteiger partial charge is 4.00 e. The molecule has 0 atom stereocenters. The van der Waals surface area contributed by atoms with Gasteiger partial charge in [-0.25, -0.2) is 41.8 Å². The molecule has 0 saturated carbocycles. The number of benzene rings is 2. The van der Waals surface area contributed by atoms with E-state index < -0.39 is 58.0 Å². The van der Waals surface area contributed by atoms with Crippen LogP contribution >= 0.6 is 0 Å². The third-order valence-electron chi connectivity index (χ3n) is 4.61. The van der Waals surface area contributed by atoms with Gasteiger partial charge < -0.3 is 9.47 Å². The van der Waals surface area contributed by atoms with Crippen LogP contribution in [-0.2, 0) is 21.7 Å². The molecule has 0 bridgehead atoms. The maximum absolute atomic E-state index is 12.9. The third kappa shape index (κ3) is 13.9. The van der Waals surface area contributed by atoms with E-state index in [0.717, 1.165) is 12.8 Å². The average Bonchev–Trinajstić information content (AvgIpc) is 3.71. The van der Waals surface area contributed by atoms with Gasteiger partial charge in [0, 0.05) is 0 Å². The van der Waals surface area contributed by atoms with Crippen LogP contribution in [0, 0.1) is 58.7 Å². The molecule has 11 heteroatoms. The van der Waals surface area contributed by atoms with Crippen molar-refractivity contribution in [3.8, 4) is 11.5 Å². The second-order valence-corrected chi connectivity index (χ2v) is 7.75. The first kappa shape index (κ1) is 37.9. The van der Waals surface area contributed by atoms with Crippen LogP contribution in [0.25, 0.3) is 0 Å². The summed E-state index contributed by atoms with van der Waals surface area (Å²) in [6.07, 6.45) is 2.57. The first-order chi connectivity index (χ1) is 19.1. The van der Waals surface area contributed by atoms with Crippen molar-refractivity contribution in [1.82, 2.24) is 0 Å². The van der Waals surface area contributed by atoms with Gasteiger partial charge in [-0.1, -0.05) is 26.7 Å². The maximum atomic E-state index is 12.9. The Labute approximate surface area is 249 Å². The Morgan fingerprint density at radius 1 is 0.537 bits per heavy atom. The van der Waals surface area contributed by atoms with Crippen molar-refractivity contribution in [3.05, 3.63) is 119 Å². The van der Waals surface area contributed by atoms with Gasteiger partial charge >= 0.3 is 21.7 Å². The Balaban J connectivity index is 0.000000573. The van der Waals surface area contributed by atoms with E-state index in [-0.39, 0.29) is 34.9 Å². The minimum absolute atomic E-state index is 0. The SMILES string of the molecule is CCCCOc1c(F)c(F)[c-]c(F)c1F.CCCCOc1c(F)c(F)[c-]c(F)c1F.[Ti+4].c1cc[cH-]c1.c1cc[cH-]c1. The summed E-state index contributed by atoms with van der Waals surface area (Å²) in [6, 6.07) is 22.5. The number of hydrogen-bond acceptors (Lipinski definition) is 2. The molecule has 0 saturated heterocycles. The topological polar surface area (TPSA) is 18.5 Å². The number of ether oxygens (including phenoxy) is 2. The summed E-state index contributed by atoms with van der Waals surface area (Å²) in [5.41, 5.74) is 0. The first-order valence-electron chi connectivity index (χ1n) is 12.2. The fraction of sp³-hybridized carbons (Fsp3) is 0.267. The number of rotatable bonds is 8. The third-order valence-corrected chi connectivity index (χ3v) is 4.61. The van der Waals surface area contributed by atoms with E-state index in [1.165, 1.54) is 12.1 Å². The summed E-state index contributed by atoms with van der Waals surface area (Å²) < 4.78 is 111.